The number of phenolic OH excluding ortho intramolecular Hbond substituents is 1. The number of rotatable bonds is 3. The van der Waals surface area contributed by atoms with E-state index in [1.54, 1.807) is 19.9 Å². The zero-order valence-corrected chi connectivity index (χ0v) is 11.6. The molecule has 0 radical (unpaired) electrons. The molecular formula is C15H14N2O4. The lowest BCUT2D eigenvalue weighted by molar-refractivity contribution is -0.385. The molecule has 0 aromatic heterocycles. The lowest BCUT2D eigenvalue weighted by Gasteiger charge is -2.09. The van der Waals surface area contributed by atoms with Gasteiger partial charge in [0.05, 0.1) is 4.92 Å². The third-order valence-electron chi connectivity index (χ3n) is 3.11. The normalized spacial score (nSPS) is 10.2. The maximum Gasteiger partial charge on any atom is 0.272 e. The number of phenols is 1. The molecule has 0 atom stereocenters. The summed E-state index contributed by atoms with van der Waals surface area (Å²) in [5, 5.41) is 22.8. The lowest BCUT2D eigenvalue weighted by atomic mass is 10.1. The molecule has 0 fully saturated rings. The van der Waals surface area contributed by atoms with Crippen LogP contribution in [0.1, 0.15) is 21.5 Å². The van der Waals surface area contributed by atoms with Gasteiger partial charge < -0.3 is 10.4 Å². The first kappa shape index (κ1) is 14.5. The van der Waals surface area contributed by atoms with Crippen LogP contribution in [0.2, 0.25) is 0 Å². The highest BCUT2D eigenvalue weighted by atomic mass is 16.6. The first-order valence-corrected chi connectivity index (χ1v) is 6.24. The van der Waals surface area contributed by atoms with E-state index in [1.807, 2.05) is 0 Å². The van der Waals surface area contributed by atoms with Crippen molar-refractivity contribution in [3.63, 3.8) is 0 Å². The molecule has 6 heteroatoms. The van der Waals surface area contributed by atoms with Gasteiger partial charge in [-0.05, 0) is 49.7 Å². The summed E-state index contributed by atoms with van der Waals surface area (Å²) in [6.45, 7) is 3.34. The molecule has 0 unspecified atom stereocenters. The smallest absolute Gasteiger partial charge is 0.272 e. The summed E-state index contributed by atoms with van der Waals surface area (Å²) in [4.78, 5) is 22.4. The van der Waals surface area contributed by atoms with Crippen LogP contribution in [0.15, 0.2) is 36.4 Å². The van der Waals surface area contributed by atoms with Gasteiger partial charge in [-0.15, -0.1) is 0 Å². The van der Waals surface area contributed by atoms with Crippen LogP contribution in [0.3, 0.4) is 0 Å². The predicted molar refractivity (Wildman–Crippen MR) is 78.6 cm³/mol. The van der Waals surface area contributed by atoms with E-state index >= 15 is 0 Å². The van der Waals surface area contributed by atoms with Gasteiger partial charge in [0.2, 0.25) is 0 Å². The van der Waals surface area contributed by atoms with E-state index in [-0.39, 0.29) is 17.3 Å². The number of hydrogen-bond donors (Lipinski definition) is 2. The zero-order chi connectivity index (χ0) is 15.6. The van der Waals surface area contributed by atoms with Crippen LogP contribution < -0.4 is 5.32 Å². The van der Waals surface area contributed by atoms with Crippen molar-refractivity contribution in [2.75, 3.05) is 5.32 Å². The Bertz CT molecular complexity index is 726. The Balaban J connectivity index is 2.24. The van der Waals surface area contributed by atoms with Crippen LogP contribution in [-0.4, -0.2) is 15.9 Å². The number of nitrogens with one attached hydrogen (secondary N) is 1. The summed E-state index contributed by atoms with van der Waals surface area (Å²) in [5.41, 5.74) is 2.05. The van der Waals surface area contributed by atoms with Crippen LogP contribution in [0.5, 0.6) is 5.75 Å². The van der Waals surface area contributed by atoms with Gasteiger partial charge in [0.25, 0.3) is 11.6 Å². The highest BCUT2D eigenvalue weighted by Crippen LogP contribution is 2.22. The number of amides is 1. The molecule has 6 nitrogen and oxygen atoms in total. The van der Waals surface area contributed by atoms with Crippen molar-refractivity contribution < 1.29 is 14.8 Å². The molecule has 0 aliphatic heterocycles. The molecule has 0 aliphatic carbocycles. The largest absolute Gasteiger partial charge is 0.508 e. The average Bonchev–Trinajstić information content (AvgIpc) is 2.41. The van der Waals surface area contributed by atoms with Crippen molar-refractivity contribution in [1.82, 2.24) is 0 Å². The molecule has 2 rings (SSSR count). The van der Waals surface area contributed by atoms with Crippen LogP contribution in [-0.2, 0) is 0 Å². The van der Waals surface area contributed by atoms with E-state index < -0.39 is 4.92 Å². The molecule has 2 aromatic carbocycles. The van der Waals surface area contributed by atoms with Crippen molar-refractivity contribution >= 4 is 17.3 Å². The summed E-state index contributed by atoms with van der Waals surface area (Å²) in [6.07, 6.45) is 0. The molecule has 21 heavy (non-hydrogen) atoms. The number of aromatic hydroxyl groups is 1. The van der Waals surface area contributed by atoms with Crippen LogP contribution >= 0.6 is 0 Å². The number of carbonyl (C=O) groups is 1. The number of anilines is 1. The summed E-state index contributed by atoms with van der Waals surface area (Å²) >= 11 is 0. The maximum absolute atomic E-state index is 12.1. The van der Waals surface area contributed by atoms with Gasteiger partial charge >= 0.3 is 0 Å². The molecule has 0 aliphatic rings. The molecule has 0 saturated carbocycles. The minimum atomic E-state index is -0.485. The molecule has 108 valence electrons. The summed E-state index contributed by atoms with van der Waals surface area (Å²) < 4.78 is 0. The number of nitro benzene ring substituents is 1. The van der Waals surface area contributed by atoms with Crippen molar-refractivity contribution in [2.45, 2.75) is 13.8 Å². The molecule has 2 aromatic rings. The number of nitro groups is 1. The third kappa shape index (κ3) is 3.17. The fourth-order valence-electron chi connectivity index (χ4n) is 1.98. The van der Waals surface area contributed by atoms with Crippen LogP contribution in [0.25, 0.3) is 0 Å². The number of carbonyl (C=O) groups excluding carboxylic acids is 1. The number of hydrogen-bond acceptors (Lipinski definition) is 4. The number of nitrogens with zero attached hydrogens (tertiary/aromatic N) is 1. The number of aryl methyl sites for hydroxylation is 2. The van der Waals surface area contributed by atoms with Crippen molar-refractivity contribution in [2.24, 2.45) is 0 Å². The van der Waals surface area contributed by atoms with Crippen LogP contribution in [0.4, 0.5) is 11.4 Å². The van der Waals surface area contributed by atoms with E-state index in [4.69, 9.17) is 0 Å². The van der Waals surface area contributed by atoms with Crippen molar-refractivity contribution in [1.29, 1.82) is 0 Å². The van der Waals surface area contributed by atoms with E-state index in [9.17, 15) is 20.0 Å². The van der Waals surface area contributed by atoms with E-state index in [0.29, 0.717) is 16.8 Å². The second-order valence-electron chi connectivity index (χ2n) is 4.71. The van der Waals surface area contributed by atoms with Gasteiger partial charge in [0, 0.05) is 22.9 Å². The minimum absolute atomic E-state index is 0.0210. The van der Waals surface area contributed by atoms with Gasteiger partial charge in [0.15, 0.2) is 0 Å². The molecule has 2 N–H and O–H groups in total. The van der Waals surface area contributed by atoms with Gasteiger partial charge in [0.1, 0.15) is 5.75 Å². The molecule has 1 amide bonds. The monoisotopic (exact) mass is 286 g/mol. The standard InChI is InChI=1S/C15H14N2O4/c1-9-8-12(18)4-5-13(9)16-15(19)11-3-6-14(17(20)21)10(2)7-11/h3-8,18H,1-2H3,(H,16,19). The molecule has 0 heterocycles. The van der Waals surface area contributed by atoms with E-state index in [0.717, 1.165) is 5.56 Å². The zero-order valence-electron chi connectivity index (χ0n) is 11.6. The van der Waals surface area contributed by atoms with E-state index in [1.165, 1.54) is 30.3 Å². The Morgan fingerprint density at radius 1 is 1.14 bits per heavy atom. The lowest BCUT2D eigenvalue weighted by Crippen LogP contribution is -2.13. The van der Waals surface area contributed by atoms with Gasteiger partial charge in [-0.25, -0.2) is 0 Å². The fourth-order valence-corrected chi connectivity index (χ4v) is 1.98. The summed E-state index contributed by atoms with van der Waals surface area (Å²) in [6, 6.07) is 8.81. The molecular weight excluding hydrogens is 272 g/mol. The Hall–Kier alpha value is -2.89. The SMILES string of the molecule is Cc1cc(O)ccc1NC(=O)c1ccc([N+](=O)[O-])c(C)c1. The quantitative estimate of drug-likeness (QED) is 0.515. The highest BCUT2D eigenvalue weighted by molar-refractivity contribution is 6.05. The van der Waals surface area contributed by atoms with E-state index in [2.05, 4.69) is 5.32 Å². The van der Waals surface area contributed by atoms with Gasteiger partial charge in [-0.3, -0.25) is 14.9 Å². The second-order valence-corrected chi connectivity index (χ2v) is 4.71. The summed E-state index contributed by atoms with van der Waals surface area (Å²) in [7, 11) is 0. The Labute approximate surface area is 121 Å². The van der Waals surface area contributed by atoms with Crippen molar-refractivity contribution in [3.05, 3.63) is 63.2 Å². The first-order valence-electron chi connectivity index (χ1n) is 6.24. The molecule has 0 bridgehead atoms. The second kappa shape index (κ2) is 5.62. The third-order valence-corrected chi connectivity index (χ3v) is 3.11. The molecule has 0 spiro atoms. The fraction of sp³-hybridized carbons (Fsp3) is 0.133. The Morgan fingerprint density at radius 2 is 1.86 bits per heavy atom. The minimum Gasteiger partial charge on any atom is -0.508 e. The maximum atomic E-state index is 12.1. The predicted octanol–water partition coefficient (Wildman–Crippen LogP) is 3.17. The average molecular weight is 286 g/mol. The molecule has 0 saturated heterocycles. The van der Waals surface area contributed by atoms with Crippen molar-refractivity contribution in [3.8, 4) is 5.75 Å². The topological polar surface area (TPSA) is 92.5 Å². The van der Waals surface area contributed by atoms with Gasteiger partial charge in [-0.2, -0.15) is 0 Å². The number of benzene rings is 2. The summed E-state index contributed by atoms with van der Waals surface area (Å²) in [5.74, 6) is -0.238. The highest BCUT2D eigenvalue weighted by Gasteiger charge is 2.14. The first-order chi connectivity index (χ1) is 9.88. The van der Waals surface area contributed by atoms with Crippen LogP contribution in [0, 0.1) is 24.0 Å². The Kier molecular flexibility index (Phi) is 3.89. The Morgan fingerprint density at radius 3 is 2.43 bits per heavy atom. The van der Waals surface area contributed by atoms with Gasteiger partial charge in [-0.1, -0.05) is 0 Å².